The van der Waals surface area contributed by atoms with Crippen LogP contribution < -0.4 is 0 Å². The Morgan fingerprint density at radius 2 is 2.00 bits per heavy atom. The van der Waals surface area contributed by atoms with Crippen molar-refractivity contribution in [3.05, 3.63) is 0 Å². The lowest BCUT2D eigenvalue weighted by atomic mass is 9.86. The first-order valence-corrected chi connectivity index (χ1v) is 7.13. The van der Waals surface area contributed by atoms with Gasteiger partial charge in [0.25, 0.3) is 0 Å². The summed E-state index contributed by atoms with van der Waals surface area (Å²) in [5, 5.41) is 9.09. The average molecular weight is 237 g/mol. The Labute approximate surface area is 103 Å². The van der Waals surface area contributed by atoms with Crippen LogP contribution in [-0.2, 0) is 4.79 Å². The summed E-state index contributed by atoms with van der Waals surface area (Å²) < 4.78 is 0. The first kappa shape index (κ1) is 11.5. The monoisotopic (exact) mass is 237 g/mol. The van der Waals surface area contributed by atoms with Crippen LogP contribution in [0.2, 0.25) is 0 Å². The van der Waals surface area contributed by atoms with Gasteiger partial charge in [-0.2, -0.15) is 0 Å². The highest BCUT2D eigenvalue weighted by Gasteiger charge is 2.44. The molecule has 96 valence electrons. The fourth-order valence-electron chi connectivity index (χ4n) is 4.52. The maximum atomic E-state index is 11.0. The molecule has 1 saturated heterocycles. The summed E-state index contributed by atoms with van der Waals surface area (Å²) in [5.41, 5.74) is 0. The fourth-order valence-corrected chi connectivity index (χ4v) is 4.52. The van der Waals surface area contributed by atoms with Gasteiger partial charge in [0.1, 0.15) is 0 Å². The smallest absolute Gasteiger partial charge is 0.306 e. The van der Waals surface area contributed by atoms with E-state index in [2.05, 4.69) is 11.8 Å². The minimum atomic E-state index is -0.593. The number of nitrogens with zero attached hydrogens (tertiary/aromatic N) is 1. The predicted molar refractivity (Wildman–Crippen MR) is 65.8 cm³/mol. The molecule has 3 heteroatoms. The normalized spacial score (nSPS) is 46.3. The number of hydrogen-bond acceptors (Lipinski definition) is 2. The van der Waals surface area contributed by atoms with Crippen LogP contribution in [0.1, 0.15) is 45.4 Å². The topological polar surface area (TPSA) is 40.5 Å². The largest absolute Gasteiger partial charge is 0.481 e. The first-order valence-electron chi connectivity index (χ1n) is 7.13. The molecule has 2 bridgehead atoms. The van der Waals surface area contributed by atoms with Crippen LogP contribution in [0.3, 0.4) is 0 Å². The van der Waals surface area contributed by atoms with Crippen molar-refractivity contribution >= 4 is 5.97 Å². The lowest BCUT2D eigenvalue weighted by Crippen LogP contribution is -2.50. The van der Waals surface area contributed by atoms with E-state index in [9.17, 15) is 4.79 Å². The Morgan fingerprint density at radius 1 is 1.18 bits per heavy atom. The Hall–Kier alpha value is -0.570. The summed E-state index contributed by atoms with van der Waals surface area (Å²) >= 11 is 0. The van der Waals surface area contributed by atoms with Gasteiger partial charge in [-0.05, 0) is 57.4 Å². The second kappa shape index (κ2) is 4.27. The first-order chi connectivity index (χ1) is 8.15. The van der Waals surface area contributed by atoms with Gasteiger partial charge in [0.15, 0.2) is 0 Å². The average Bonchev–Trinajstić information content (AvgIpc) is 2.90. The van der Waals surface area contributed by atoms with Crippen molar-refractivity contribution in [1.82, 2.24) is 4.90 Å². The number of aliphatic carboxylic acids is 1. The van der Waals surface area contributed by atoms with Gasteiger partial charge in [-0.15, -0.1) is 0 Å². The van der Waals surface area contributed by atoms with Crippen LogP contribution in [0.25, 0.3) is 0 Å². The second-order valence-corrected chi connectivity index (χ2v) is 6.39. The number of likely N-dealkylation sites (tertiary alicyclic amines) is 1. The van der Waals surface area contributed by atoms with Crippen molar-refractivity contribution in [3.63, 3.8) is 0 Å². The Bertz CT molecular complexity index is 317. The maximum Gasteiger partial charge on any atom is 0.306 e. The minimum Gasteiger partial charge on any atom is -0.481 e. The Kier molecular flexibility index (Phi) is 2.89. The molecule has 0 aromatic rings. The molecule has 5 unspecified atom stereocenters. The van der Waals surface area contributed by atoms with Crippen molar-refractivity contribution in [3.8, 4) is 0 Å². The van der Waals surface area contributed by atoms with E-state index < -0.39 is 5.97 Å². The van der Waals surface area contributed by atoms with Crippen LogP contribution >= 0.6 is 0 Å². The highest BCUT2D eigenvalue weighted by atomic mass is 16.4. The van der Waals surface area contributed by atoms with Gasteiger partial charge in [-0.3, -0.25) is 9.69 Å². The van der Waals surface area contributed by atoms with E-state index in [0.717, 1.165) is 37.3 Å². The quantitative estimate of drug-likeness (QED) is 0.801. The van der Waals surface area contributed by atoms with Gasteiger partial charge in [0.2, 0.25) is 0 Å². The summed E-state index contributed by atoms with van der Waals surface area (Å²) in [4.78, 5) is 13.7. The van der Waals surface area contributed by atoms with Crippen molar-refractivity contribution in [1.29, 1.82) is 0 Å². The summed E-state index contributed by atoms with van der Waals surface area (Å²) in [6.45, 7) is 3.23. The Balaban J connectivity index is 1.64. The maximum absolute atomic E-state index is 11.0. The second-order valence-electron chi connectivity index (χ2n) is 6.39. The van der Waals surface area contributed by atoms with Crippen molar-refractivity contribution in [2.45, 2.75) is 57.5 Å². The van der Waals surface area contributed by atoms with Crippen molar-refractivity contribution in [2.24, 2.45) is 17.8 Å². The molecule has 0 aromatic heterocycles. The van der Waals surface area contributed by atoms with Crippen molar-refractivity contribution in [2.75, 3.05) is 6.54 Å². The molecule has 3 aliphatic rings. The van der Waals surface area contributed by atoms with Gasteiger partial charge in [0, 0.05) is 12.1 Å². The van der Waals surface area contributed by atoms with Crippen molar-refractivity contribution < 1.29 is 9.90 Å². The molecule has 3 rings (SSSR count). The molecule has 0 spiro atoms. The van der Waals surface area contributed by atoms with Crippen LogP contribution in [0, 0.1) is 17.8 Å². The van der Waals surface area contributed by atoms with Gasteiger partial charge < -0.3 is 5.11 Å². The summed E-state index contributed by atoms with van der Waals surface area (Å²) in [6.07, 6.45) is 7.39. The number of piperidine rings is 1. The van der Waals surface area contributed by atoms with Crippen LogP contribution in [-0.4, -0.2) is 34.6 Å². The molecular formula is C14H23NO2. The van der Waals surface area contributed by atoms with E-state index >= 15 is 0 Å². The number of fused-ring (bicyclic) bond motifs is 2. The van der Waals surface area contributed by atoms with Gasteiger partial charge in [-0.25, -0.2) is 0 Å². The highest BCUT2D eigenvalue weighted by Crippen LogP contribution is 2.48. The number of carboxylic acid groups (broad SMARTS) is 1. The van der Waals surface area contributed by atoms with Gasteiger partial charge in [-0.1, -0.05) is 6.42 Å². The molecule has 1 N–H and O–H groups in total. The zero-order valence-corrected chi connectivity index (χ0v) is 10.6. The molecule has 3 nitrogen and oxygen atoms in total. The van der Waals surface area contributed by atoms with E-state index in [4.69, 9.17) is 5.11 Å². The Morgan fingerprint density at radius 3 is 2.53 bits per heavy atom. The summed E-state index contributed by atoms with van der Waals surface area (Å²) in [5.74, 6) is 1.21. The third kappa shape index (κ3) is 1.99. The zero-order valence-electron chi connectivity index (χ0n) is 10.6. The molecule has 17 heavy (non-hydrogen) atoms. The lowest BCUT2D eigenvalue weighted by Gasteiger charge is -2.43. The standard InChI is InChI=1S/C14H23NO2/c1-9-6-12(14(16)17)4-5-15(9)13-8-10-2-3-11(13)7-10/h9-13H,2-8H2,1H3,(H,16,17). The third-order valence-electron chi connectivity index (χ3n) is 5.40. The molecular weight excluding hydrogens is 214 g/mol. The number of carbonyl (C=O) groups is 1. The van der Waals surface area contributed by atoms with Crippen LogP contribution in [0.4, 0.5) is 0 Å². The SMILES string of the molecule is CC1CC(C(=O)O)CCN1C1CC2CCC1C2. The van der Waals surface area contributed by atoms with E-state index in [0.29, 0.717) is 6.04 Å². The molecule has 3 fully saturated rings. The molecule has 1 heterocycles. The molecule has 5 atom stereocenters. The van der Waals surface area contributed by atoms with Crippen LogP contribution in [0.5, 0.6) is 0 Å². The predicted octanol–water partition coefficient (Wildman–Crippen LogP) is 2.36. The van der Waals surface area contributed by atoms with E-state index in [1.165, 1.54) is 25.7 Å². The van der Waals surface area contributed by atoms with E-state index in [-0.39, 0.29) is 5.92 Å². The molecule has 1 aliphatic heterocycles. The van der Waals surface area contributed by atoms with Crippen LogP contribution in [0.15, 0.2) is 0 Å². The van der Waals surface area contributed by atoms with Gasteiger partial charge >= 0.3 is 5.97 Å². The lowest BCUT2D eigenvalue weighted by molar-refractivity contribution is -0.144. The zero-order chi connectivity index (χ0) is 12.0. The summed E-state index contributed by atoms with van der Waals surface area (Å²) in [6, 6.07) is 1.24. The fraction of sp³-hybridized carbons (Fsp3) is 0.929. The number of hydrogen-bond donors (Lipinski definition) is 1. The minimum absolute atomic E-state index is 0.0974. The third-order valence-corrected chi connectivity index (χ3v) is 5.40. The molecule has 2 aliphatic carbocycles. The van der Waals surface area contributed by atoms with E-state index in [1.807, 2.05) is 0 Å². The molecule has 0 aromatic carbocycles. The number of rotatable bonds is 2. The highest BCUT2D eigenvalue weighted by molar-refractivity contribution is 5.70. The number of carboxylic acids is 1. The van der Waals surface area contributed by atoms with Gasteiger partial charge in [0.05, 0.1) is 5.92 Å². The molecule has 2 saturated carbocycles. The molecule has 0 radical (unpaired) electrons. The van der Waals surface area contributed by atoms with E-state index in [1.54, 1.807) is 0 Å². The summed E-state index contributed by atoms with van der Waals surface area (Å²) in [7, 11) is 0. The molecule has 0 amide bonds.